The fourth-order valence-corrected chi connectivity index (χ4v) is 4.16. The highest BCUT2D eigenvalue weighted by Crippen LogP contribution is 2.31. The van der Waals surface area contributed by atoms with Gasteiger partial charge in [0.05, 0.1) is 15.1 Å². The van der Waals surface area contributed by atoms with Crippen LogP contribution in [-0.2, 0) is 11.4 Å². The third-order valence-corrected chi connectivity index (χ3v) is 6.13. The van der Waals surface area contributed by atoms with Crippen molar-refractivity contribution < 1.29 is 14.5 Å². The molecular weight excluding hydrogens is 506 g/mol. The summed E-state index contributed by atoms with van der Waals surface area (Å²) in [5.41, 5.74) is 2.67. The van der Waals surface area contributed by atoms with Gasteiger partial charge in [0.25, 0.3) is 11.6 Å². The van der Waals surface area contributed by atoms with E-state index in [1.165, 1.54) is 17.0 Å². The summed E-state index contributed by atoms with van der Waals surface area (Å²) in [5.74, 6) is 0.381. The molecule has 0 bridgehead atoms. The highest BCUT2D eigenvalue weighted by molar-refractivity contribution is 9.10. The molecule has 0 aliphatic carbocycles. The highest BCUT2D eigenvalue weighted by Gasteiger charge is 2.36. The van der Waals surface area contributed by atoms with Crippen molar-refractivity contribution in [3.63, 3.8) is 0 Å². The third kappa shape index (κ3) is 4.79. The Hall–Kier alpha value is -3.56. The summed E-state index contributed by atoms with van der Waals surface area (Å²) in [5, 5.41) is 11.4. The smallest absolute Gasteiger partial charge is 0.281 e. The summed E-state index contributed by atoms with van der Waals surface area (Å²) < 4.78 is 6.51. The van der Waals surface area contributed by atoms with Gasteiger partial charge in [0, 0.05) is 19.2 Å². The Morgan fingerprint density at radius 2 is 1.85 bits per heavy atom. The van der Waals surface area contributed by atoms with Gasteiger partial charge in [0.15, 0.2) is 5.11 Å². The molecule has 1 fully saturated rings. The van der Waals surface area contributed by atoms with E-state index in [0.717, 1.165) is 5.56 Å². The molecule has 3 aromatic rings. The molecule has 9 heteroatoms. The first-order valence-corrected chi connectivity index (χ1v) is 11.1. The second-order valence-electron chi connectivity index (χ2n) is 7.25. The van der Waals surface area contributed by atoms with Crippen LogP contribution in [0.15, 0.2) is 83.0 Å². The molecule has 1 saturated heterocycles. The van der Waals surface area contributed by atoms with Crippen molar-refractivity contribution in [3.8, 4) is 5.75 Å². The number of halogens is 1. The van der Waals surface area contributed by atoms with Gasteiger partial charge in [-0.3, -0.25) is 19.8 Å². The number of non-ortho nitro benzene ring substituents is 1. The lowest BCUT2D eigenvalue weighted by Crippen LogP contribution is -2.30. The number of nitro benzene ring substituents is 1. The number of hydrogen-bond donors (Lipinski definition) is 0. The van der Waals surface area contributed by atoms with Crippen LogP contribution in [0, 0.1) is 10.1 Å². The number of amides is 1. The minimum absolute atomic E-state index is 0.0185. The van der Waals surface area contributed by atoms with Crippen molar-refractivity contribution in [2.24, 2.45) is 0 Å². The van der Waals surface area contributed by atoms with Crippen molar-refractivity contribution in [2.45, 2.75) is 6.61 Å². The predicted octanol–water partition coefficient (Wildman–Crippen LogP) is 5.54. The lowest BCUT2D eigenvalue weighted by molar-refractivity contribution is -0.384. The Bertz CT molecular complexity index is 1280. The summed E-state index contributed by atoms with van der Waals surface area (Å²) >= 11 is 8.99. The van der Waals surface area contributed by atoms with E-state index in [0.29, 0.717) is 32.3 Å². The Balaban J connectivity index is 1.52. The molecule has 0 spiro atoms. The molecule has 7 nitrogen and oxygen atoms in total. The molecule has 1 aliphatic heterocycles. The number of carbonyl (C=O) groups is 1. The number of rotatable bonds is 6. The average molecular weight is 524 g/mol. The van der Waals surface area contributed by atoms with Crippen molar-refractivity contribution in [1.29, 1.82) is 0 Å². The number of benzene rings is 3. The Kier molecular flexibility index (Phi) is 6.52. The first kappa shape index (κ1) is 22.6. The normalized spacial score (nSPS) is 14.8. The lowest BCUT2D eigenvalue weighted by Gasteiger charge is -2.16. The molecular formula is C24H18BrN3O4S. The molecule has 1 amide bonds. The number of thiocarbonyl (C=S) groups is 1. The number of para-hydroxylation sites is 1. The number of anilines is 1. The quantitative estimate of drug-likeness (QED) is 0.183. The van der Waals surface area contributed by atoms with Gasteiger partial charge in [-0.15, -0.1) is 0 Å². The molecule has 0 radical (unpaired) electrons. The van der Waals surface area contributed by atoms with Gasteiger partial charge in [-0.1, -0.05) is 36.4 Å². The summed E-state index contributed by atoms with van der Waals surface area (Å²) in [6.07, 6.45) is 1.77. The third-order valence-electron chi connectivity index (χ3n) is 5.05. The van der Waals surface area contributed by atoms with E-state index < -0.39 is 4.92 Å². The van der Waals surface area contributed by atoms with Gasteiger partial charge in [0.2, 0.25) is 0 Å². The Morgan fingerprint density at radius 1 is 1.09 bits per heavy atom. The Labute approximate surface area is 204 Å². The van der Waals surface area contributed by atoms with E-state index in [9.17, 15) is 14.9 Å². The Morgan fingerprint density at radius 3 is 2.55 bits per heavy atom. The molecule has 1 heterocycles. The van der Waals surface area contributed by atoms with Gasteiger partial charge in [-0.2, -0.15) is 0 Å². The largest absolute Gasteiger partial charge is 0.488 e. The van der Waals surface area contributed by atoms with E-state index in [1.54, 1.807) is 36.2 Å². The fourth-order valence-electron chi connectivity index (χ4n) is 3.36. The number of nitrogens with zero attached hydrogens (tertiary/aromatic N) is 3. The van der Waals surface area contributed by atoms with Crippen LogP contribution < -0.4 is 9.64 Å². The van der Waals surface area contributed by atoms with Crippen molar-refractivity contribution in [3.05, 3.63) is 104 Å². The predicted molar refractivity (Wildman–Crippen MR) is 134 cm³/mol. The second-order valence-corrected chi connectivity index (χ2v) is 8.47. The molecule has 4 rings (SSSR count). The van der Waals surface area contributed by atoms with Crippen molar-refractivity contribution in [2.75, 3.05) is 11.9 Å². The van der Waals surface area contributed by atoms with Crippen LogP contribution in [0.2, 0.25) is 0 Å². The molecule has 0 saturated carbocycles. The maximum absolute atomic E-state index is 13.1. The zero-order valence-electron chi connectivity index (χ0n) is 17.5. The van der Waals surface area contributed by atoms with Gasteiger partial charge >= 0.3 is 0 Å². The van der Waals surface area contributed by atoms with Crippen LogP contribution in [0.3, 0.4) is 0 Å². The number of hydrogen-bond acceptors (Lipinski definition) is 5. The van der Waals surface area contributed by atoms with Crippen LogP contribution in [0.4, 0.5) is 11.4 Å². The molecule has 0 unspecified atom stereocenters. The second kappa shape index (κ2) is 9.51. The van der Waals surface area contributed by atoms with Crippen molar-refractivity contribution in [1.82, 2.24) is 4.90 Å². The van der Waals surface area contributed by atoms with Crippen LogP contribution >= 0.6 is 28.1 Å². The van der Waals surface area contributed by atoms with E-state index in [2.05, 4.69) is 15.9 Å². The average Bonchev–Trinajstić information content (AvgIpc) is 3.02. The van der Waals surface area contributed by atoms with Crippen LogP contribution in [0.25, 0.3) is 6.08 Å². The van der Waals surface area contributed by atoms with Gasteiger partial charge in [0.1, 0.15) is 18.1 Å². The molecule has 1 aliphatic rings. The number of ether oxygens (including phenoxy) is 1. The summed E-state index contributed by atoms with van der Waals surface area (Å²) in [6, 6.07) is 21.0. The molecule has 166 valence electrons. The highest BCUT2D eigenvalue weighted by atomic mass is 79.9. The molecule has 3 aromatic carbocycles. The number of carbonyl (C=O) groups excluding carboxylic acids is 1. The monoisotopic (exact) mass is 523 g/mol. The summed E-state index contributed by atoms with van der Waals surface area (Å²) in [7, 11) is 1.76. The first-order chi connectivity index (χ1) is 15.8. The first-order valence-electron chi connectivity index (χ1n) is 9.90. The fraction of sp³-hybridized carbons (Fsp3) is 0.0833. The zero-order valence-corrected chi connectivity index (χ0v) is 19.9. The van der Waals surface area contributed by atoms with Gasteiger partial charge in [-0.05, 0) is 69.6 Å². The van der Waals surface area contributed by atoms with Gasteiger partial charge in [-0.25, -0.2) is 0 Å². The molecule has 0 aromatic heterocycles. The summed E-state index contributed by atoms with van der Waals surface area (Å²) in [4.78, 5) is 26.8. The zero-order chi connectivity index (χ0) is 23.5. The maximum atomic E-state index is 13.1. The number of likely N-dealkylation sites (N-methyl/N-ethyl adjacent to an activating group) is 1. The van der Waals surface area contributed by atoms with Gasteiger partial charge < -0.3 is 9.64 Å². The van der Waals surface area contributed by atoms with E-state index >= 15 is 0 Å². The summed E-state index contributed by atoms with van der Waals surface area (Å²) in [6.45, 7) is 0.183. The topological polar surface area (TPSA) is 75.9 Å². The van der Waals surface area contributed by atoms with E-state index in [-0.39, 0.29) is 18.2 Å². The van der Waals surface area contributed by atoms with Crippen molar-refractivity contribution >= 4 is 56.6 Å². The van der Waals surface area contributed by atoms with E-state index in [4.69, 9.17) is 17.0 Å². The van der Waals surface area contributed by atoms with E-state index in [1.807, 2.05) is 42.5 Å². The van der Waals surface area contributed by atoms with Crippen LogP contribution in [-0.4, -0.2) is 27.9 Å². The maximum Gasteiger partial charge on any atom is 0.281 e. The molecule has 33 heavy (non-hydrogen) atoms. The number of nitro groups is 1. The minimum Gasteiger partial charge on any atom is -0.488 e. The van der Waals surface area contributed by atoms with Crippen LogP contribution in [0.5, 0.6) is 5.75 Å². The lowest BCUT2D eigenvalue weighted by atomic mass is 10.1. The molecule has 0 atom stereocenters. The molecule has 0 N–H and O–H groups in total. The SMILES string of the molecule is CN1C(=S)N(c2ccccc2)C(=O)/C1=C/c1ccc(OCc2cccc([N+](=O)[O-])c2)c(Br)c1. The minimum atomic E-state index is -0.437. The standard InChI is InChI=1S/C24H18BrN3O4S/c1-26-21(23(29)27(24(26)33)18-7-3-2-4-8-18)14-16-10-11-22(20(25)13-16)32-15-17-6-5-9-19(12-17)28(30)31/h2-14H,15H2,1H3/b21-14-. The van der Waals surface area contributed by atoms with Crippen LogP contribution in [0.1, 0.15) is 11.1 Å².